The molecule has 1 aliphatic heterocycles. The summed E-state index contributed by atoms with van der Waals surface area (Å²) in [5.74, 6) is 2.49. The Bertz CT molecular complexity index is 825. The molecular formula is C20H27N7. The largest absolute Gasteiger partial charge is 0.295 e. The van der Waals surface area contributed by atoms with Gasteiger partial charge in [0.15, 0.2) is 5.82 Å². The highest BCUT2D eigenvalue weighted by Crippen LogP contribution is 2.27. The van der Waals surface area contributed by atoms with E-state index in [1.54, 1.807) is 17.3 Å². The normalized spacial score (nSPS) is 17.6. The second-order valence-electron chi connectivity index (χ2n) is 7.25. The standard InChI is InChI=1S/C20H27N7/c1-2-3-10-27-20(23-19(24-27)13-26-16-21-15-22-26)14-25-11-9-18(12-25)17-7-5-4-6-8-17/h4-8,15-16,18H,2-3,9-14H2,1H3. The van der Waals surface area contributed by atoms with E-state index in [1.165, 1.54) is 12.0 Å². The van der Waals surface area contributed by atoms with Crippen molar-refractivity contribution in [2.45, 2.75) is 51.7 Å². The zero-order valence-corrected chi connectivity index (χ0v) is 15.9. The Balaban J connectivity index is 1.44. The SMILES string of the molecule is CCCCn1nc(Cn2cncn2)nc1CN1CCC(c2ccccc2)C1. The van der Waals surface area contributed by atoms with Crippen LogP contribution < -0.4 is 0 Å². The van der Waals surface area contributed by atoms with Crippen molar-refractivity contribution in [3.8, 4) is 0 Å². The topological polar surface area (TPSA) is 64.7 Å². The molecule has 3 heterocycles. The smallest absolute Gasteiger partial charge is 0.172 e. The third-order valence-electron chi connectivity index (χ3n) is 5.19. The fourth-order valence-electron chi connectivity index (χ4n) is 3.73. The van der Waals surface area contributed by atoms with Crippen LogP contribution >= 0.6 is 0 Å². The molecule has 1 atom stereocenters. The maximum absolute atomic E-state index is 4.82. The predicted octanol–water partition coefficient (Wildman–Crippen LogP) is 2.71. The molecule has 7 heteroatoms. The van der Waals surface area contributed by atoms with E-state index in [9.17, 15) is 0 Å². The van der Waals surface area contributed by atoms with Gasteiger partial charge in [0, 0.05) is 13.1 Å². The quantitative estimate of drug-likeness (QED) is 0.614. The molecule has 0 bridgehead atoms. The van der Waals surface area contributed by atoms with Gasteiger partial charge in [0.1, 0.15) is 25.0 Å². The van der Waals surface area contributed by atoms with Crippen LogP contribution in [0.3, 0.4) is 0 Å². The van der Waals surface area contributed by atoms with E-state index >= 15 is 0 Å². The van der Waals surface area contributed by atoms with Crippen molar-refractivity contribution in [3.05, 3.63) is 60.2 Å². The van der Waals surface area contributed by atoms with Crippen LogP contribution in [0.2, 0.25) is 0 Å². The van der Waals surface area contributed by atoms with Crippen molar-refractivity contribution >= 4 is 0 Å². The second kappa shape index (κ2) is 8.43. The van der Waals surface area contributed by atoms with Crippen molar-refractivity contribution in [2.75, 3.05) is 13.1 Å². The summed E-state index contributed by atoms with van der Waals surface area (Å²) in [4.78, 5) is 11.3. The first-order valence-electron chi connectivity index (χ1n) is 9.84. The van der Waals surface area contributed by atoms with Crippen LogP contribution in [0.1, 0.15) is 49.3 Å². The van der Waals surface area contributed by atoms with Crippen molar-refractivity contribution < 1.29 is 0 Å². The van der Waals surface area contributed by atoms with Crippen molar-refractivity contribution in [1.82, 2.24) is 34.4 Å². The van der Waals surface area contributed by atoms with E-state index < -0.39 is 0 Å². The first-order valence-corrected chi connectivity index (χ1v) is 9.84. The molecule has 1 unspecified atom stereocenters. The van der Waals surface area contributed by atoms with Crippen LogP contribution in [0.25, 0.3) is 0 Å². The van der Waals surface area contributed by atoms with Crippen molar-refractivity contribution in [2.24, 2.45) is 0 Å². The minimum absolute atomic E-state index is 0.568. The third-order valence-corrected chi connectivity index (χ3v) is 5.19. The van der Waals surface area contributed by atoms with Crippen LogP contribution in [0, 0.1) is 0 Å². The lowest BCUT2D eigenvalue weighted by Gasteiger charge is -2.16. The Morgan fingerprint density at radius 1 is 1.15 bits per heavy atom. The van der Waals surface area contributed by atoms with Gasteiger partial charge in [0.05, 0.1) is 6.54 Å². The predicted molar refractivity (Wildman–Crippen MR) is 103 cm³/mol. The average molecular weight is 365 g/mol. The lowest BCUT2D eigenvalue weighted by molar-refractivity contribution is 0.308. The van der Waals surface area contributed by atoms with E-state index in [2.05, 4.69) is 56.9 Å². The molecule has 1 aromatic carbocycles. The molecule has 7 nitrogen and oxygen atoms in total. The van der Waals surface area contributed by atoms with Gasteiger partial charge in [0.25, 0.3) is 0 Å². The average Bonchev–Trinajstić information content (AvgIpc) is 3.44. The Morgan fingerprint density at radius 3 is 2.81 bits per heavy atom. The molecule has 3 aromatic rings. The Kier molecular flexibility index (Phi) is 5.58. The summed E-state index contributed by atoms with van der Waals surface area (Å²) >= 11 is 0. The minimum Gasteiger partial charge on any atom is -0.295 e. The molecule has 27 heavy (non-hydrogen) atoms. The van der Waals surface area contributed by atoms with E-state index in [0.29, 0.717) is 12.5 Å². The number of hydrogen-bond acceptors (Lipinski definition) is 5. The molecule has 0 saturated carbocycles. The molecule has 0 radical (unpaired) electrons. The van der Waals surface area contributed by atoms with Crippen LogP contribution in [-0.2, 0) is 19.6 Å². The molecule has 142 valence electrons. The maximum atomic E-state index is 4.82. The molecule has 4 rings (SSSR count). The molecule has 0 spiro atoms. The molecule has 1 fully saturated rings. The molecule has 1 aliphatic rings. The van der Waals surface area contributed by atoms with Crippen LogP contribution in [0.5, 0.6) is 0 Å². The summed E-state index contributed by atoms with van der Waals surface area (Å²) in [7, 11) is 0. The summed E-state index contributed by atoms with van der Waals surface area (Å²) in [5, 5.41) is 8.90. The Morgan fingerprint density at radius 2 is 2.04 bits per heavy atom. The first kappa shape index (κ1) is 17.9. The lowest BCUT2D eigenvalue weighted by atomic mass is 9.99. The van der Waals surface area contributed by atoms with Gasteiger partial charge in [-0.25, -0.2) is 19.3 Å². The van der Waals surface area contributed by atoms with Crippen molar-refractivity contribution in [1.29, 1.82) is 0 Å². The van der Waals surface area contributed by atoms with Crippen LogP contribution in [0.4, 0.5) is 0 Å². The molecule has 0 amide bonds. The Hall–Kier alpha value is -2.54. The highest BCUT2D eigenvalue weighted by atomic mass is 15.4. The van der Waals surface area contributed by atoms with Gasteiger partial charge in [-0.1, -0.05) is 43.7 Å². The first-order chi connectivity index (χ1) is 13.3. The lowest BCUT2D eigenvalue weighted by Crippen LogP contribution is -2.22. The van der Waals surface area contributed by atoms with Gasteiger partial charge < -0.3 is 0 Å². The van der Waals surface area contributed by atoms with E-state index in [4.69, 9.17) is 10.1 Å². The fourth-order valence-corrected chi connectivity index (χ4v) is 3.73. The van der Waals surface area contributed by atoms with Crippen molar-refractivity contribution in [3.63, 3.8) is 0 Å². The number of nitrogens with zero attached hydrogens (tertiary/aromatic N) is 7. The number of hydrogen-bond donors (Lipinski definition) is 0. The number of aryl methyl sites for hydroxylation is 1. The second-order valence-corrected chi connectivity index (χ2v) is 7.25. The maximum Gasteiger partial charge on any atom is 0.172 e. The monoisotopic (exact) mass is 365 g/mol. The van der Waals surface area contributed by atoms with E-state index in [0.717, 1.165) is 50.7 Å². The summed E-state index contributed by atoms with van der Waals surface area (Å²) in [5.41, 5.74) is 1.44. The molecular weight excluding hydrogens is 338 g/mol. The highest BCUT2D eigenvalue weighted by molar-refractivity contribution is 5.21. The summed E-state index contributed by atoms with van der Waals surface area (Å²) in [6.45, 7) is 6.75. The number of rotatable bonds is 8. The molecule has 2 aromatic heterocycles. The number of unbranched alkanes of at least 4 members (excludes halogenated alkanes) is 1. The van der Waals surface area contributed by atoms with Gasteiger partial charge in [-0.2, -0.15) is 10.2 Å². The van der Waals surface area contributed by atoms with Gasteiger partial charge >= 0.3 is 0 Å². The highest BCUT2D eigenvalue weighted by Gasteiger charge is 2.25. The fraction of sp³-hybridized carbons (Fsp3) is 0.500. The Labute approximate surface area is 160 Å². The number of likely N-dealkylation sites (tertiary alicyclic amines) is 1. The van der Waals surface area contributed by atoms with Crippen LogP contribution in [-0.4, -0.2) is 47.5 Å². The van der Waals surface area contributed by atoms with E-state index in [1.807, 2.05) is 0 Å². The summed E-state index contributed by atoms with van der Waals surface area (Å²) < 4.78 is 3.86. The third kappa shape index (κ3) is 4.42. The van der Waals surface area contributed by atoms with E-state index in [-0.39, 0.29) is 0 Å². The summed E-state index contributed by atoms with van der Waals surface area (Å²) in [6, 6.07) is 10.8. The van der Waals surface area contributed by atoms with Gasteiger partial charge in [-0.15, -0.1) is 0 Å². The van der Waals surface area contributed by atoms with Gasteiger partial charge in [-0.3, -0.25) is 4.90 Å². The minimum atomic E-state index is 0.568. The van der Waals surface area contributed by atoms with Gasteiger partial charge in [-0.05, 0) is 30.9 Å². The zero-order valence-electron chi connectivity index (χ0n) is 15.9. The number of benzene rings is 1. The van der Waals surface area contributed by atoms with Crippen LogP contribution in [0.15, 0.2) is 43.0 Å². The summed E-state index contributed by atoms with van der Waals surface area (Å²) in [6.07, 6.45) is 6.72. The zero-order chi connectivity index (χ0) is 18.5. The molecule has 1 saturated heterocycles. The molecule has 0 aliphatic carbocycles. The molecule has 0 N–H and O–H groups in total. The van der Waals surface area contributed by atoms with Gasteiger partial charge in [0.2, 0.25) is 0 Å². The number of aromatic nitrogens is 6.